The first-order chi connectivity index (χ1) is 31.8. The van der Waals surface area contributed by atoms with E-state index in [1.165, 1.54) is 96.0 Å². The zero-order valence-corrected chi connectivity index (χ0v) is 40.6. The number of benzene rings is 6. The van der Waals surface area contributed by atoms with E-state index in [2.05, 4.69) is 206 Å². The van der Waals surface area contributed by atoms with Gasteiger partial charge in [-0.25, -0.2) is 0 Å². The summed E-state index contributed by atoms with van der Waals surface area (Å²) in [6, 6.07) is 65.4. The van der Waals surface area contributed by atoms with Crippen LogP contribution in [0.3, 0.4) is 0 Å². The Morgan fingerprint density at radius 3 is 0.574 bits per heavy atom. The molecule has 1 aliphatic carbocycles. The first-order valence-corrected chi connectivity index (χ1v) is 25.2. The van der Waals surface area contributed by atoms with Gasteiger partial charge in [0.25, 0.3) is 0 Å². The standard InChI is InChI=1S/2C21H21P.C8H12.3BF4.Rh/c2*1-4-10-19(11-5-1)16-22(17-20-12-6-2-7-13-20)18-21-14-8-3-9-15-21;1-2-4-6-8-7-5-3-1;3*2-1(3,4)5;/h2*1-15H,16-18H2;1-4H,5-8H2;;;;/q;;;3*-1;+3. The van der Waals surface area contributed by atoms with Crippen molar-refractivity contribution in [2.24, 2.45) is 0 Å². The second-order valence-electron chi connectivity index (χ2n) is 14.8. The minimum Gasteiger partial charge on any atom is -0.418 e. The van der Waals surface area contributed by atoms with Crippen molar-refractivity contribution in [2.45, 2.75) is 62.7 Å². The summed E-state index contributed by atoms with van der Waals surface area (Å²) in [6.45, 7) is 0. The van der Waals surface area contributed by atoms with E-state index in [0.717, 1.165) is 0 Å². The van der Waals surface area contributed by atoms with Crippen LogP contribution in [-0.2, 0) is 56.4 Å². The van der Waals surface area contributed by atoms with E-state index >= 15 is 0 Å². The van der Waals surface area contributed by atoms with Crippen LogP contribution in [0, 0.1) is 0 Å². The number of hydrogen-bond donors (Lipinski definition) is 0. The first-order valence-electron chi connectivity index (χ1n) is 21.4. The average molecular weight is 1080 g/mol. The summed E-state index contributed by atoms with van der Waals surface area (Å²) in [7, 11) is -18.2. The molecule has 0 radical (unpaired) electrons. The van der Waals surface area contributed by atoms with Crippen LogP contribution in [0.2, 0.25) is 0 Å². The van der Waals surface area contributed by atoms with Crippen LogP contribution < -0.4 is 0 Å². The minimum atomic E-state index is -6.00. The van der Waals surface area contributed by atoms with Crippen molar-refractivity contribution in [2.75, 3.05) is 0 Å². The third kappa shape index (κ3) is 39.6. The number of rotatable bonds is 12. The molecular formula is C50H54B3F12P2Rh. The number of hydrogen-bond acceptors (Lipinski definition) is 0. The van der Waals surface area contributed by atoms with Crippen LogP contribution in [0.1, 0.15) is 59.1 Å². The Kier molecular flexibility index (Phi) is 32.4. The Morgan fingerprint density at radius 1 is 0.279 bits per heavy atom. The van der Waals surface area contributed by atoms with Gasteiger partial charge in [-0.1, -0.05) is 222 Å². The molecule has 0 fully saturated rings. The zero-order chi connectivity index (χ0) is 49.2. The fraction of sp³-hybridized carbons (Fsp3) is 0.200. The van der Waals surface area contributed by atoms with Crippen molar-refractivity contribution in [3.05, 3.63) is 240 Å². The van der Waals surface area contributed by atoms with E-state index in [0.29, 0.717) is 0 Å². The van der Waals surface area contributed by atoms with E-state index in [4.69, 9.17) is 0 Å². The molecule has 0 amide bonds. The fourth-order valence-corrected chi connectivity index (χ4v) is 11.3. The Labute approximate surface area is 409 Å². The van der Waals surface area contributed by atoms with Gasteiger partial charge in [0.1, 0.15) is 0 Å². The largest absolute Gasteiger partial charge is 3.00 e. The van der Waals surface area contributed by atoms with Gasteiger partial charge in [-0.05, 0) is 96.0 Å². The van der Waals surface area contributed by atoms with Gasteiger partial charge in [0, 0.05) is 0 Å². The van der Waals surface area contributed by atoms with Crippen LogP contribution >= 0.6 is 15.8 Å². The maximum Gasteiger partial charge on any atom is 3.00 e. The maximum absolute atomic E-state index is 9.75. The zero-order valence-electron chi connectivity index (χ0n) is 37.2. The molecule has 1 aliphatic rings. The van der Waals surface area contributed by atoms with Crippen LogP contribution in [-0.4, -0.2) is 21.8 Å². The minimum absolute atomic E-state index is 0. The Bertz CT molecular complexity index is 1770. The first kappa shape index (κ1) is 61.7. The van der Waals surface area contributed by atoms with Crippen molar-refractivity contribution in [1.29, 1.82) is 0 Å². The SMILES string of the molecule is C1=CCCCCC=C1.F[B-](F)(F)F.F[B-](F)(F)F.F[B-](F)(F)F.[Rh+3].c1ccc(CP(Cc2ccccc2)Cc2ccccc2)cc1.c1ccc(CP(Cc2ccccc2)Cc2ccccc2)cc1. The topological polar surface area (TPSA) is 0 Å². The molecule has 0 unspecified atom stereocenters. The molecule has 6 aromatic carbocycles. The summed E-state index contributed by atoms with van der Waals surface area (Å²) in [5, 5.41) is 0. The summed E-state index contributed by atoms with van der Waals surface area (Å²) < 4.78 is 117. The maximum atomic E-state index is 9.75. The molecular weight excluding hydrogens is 1030 g/mol. The van der Waals surface area contributed by atoms with Gasteiger partial charge in [-0.3, -0.25) is 0 Å². The normalized spacial score (nSPS) is 12.0. The molecule has 0 heterocycles. The van der Waals surface area contributed by atoms with Gasteiger partial charge in [-0.2, -0.15) is 0 Å². The van der Waals surface area contributed by atoms with Crippen molar-refractivity contribution < 1.29 is 71.3 Å². The number of halogens is 12. The summed E-state index contributed by atoms with van der Waals surface area (Å²) in [5.41, 5.74) is 8.75. The van der Waals surface area contributed by atoms with Crippen LogP contribution in [0.5, 0.6) is 0 Å². The third-order valence-electron chi connectivity index (χ3n) is 8.87. The number of allylic oxidation sites excluding steroid dienone is 4. The molecule has 0 N–H and O–H groups in total. The van der Waals surface area contributed by atoms with Gasteiger partial charge in [0.15, 0.2) is 0 Å². The van der Waals surface area contributed by atoms with Crippen molar-refractivity contribution in [1.82, 2.24) is 0 Å². The van der Waals surface area contributed by atoms with E-state index in [1.54, 1.807) is 0 Å². The Hall–Kier alpha value is -4.36. The molecule has 7 rings (SSSR count). The molecule has 0 saturated carbocycles. The summed E-state index contributed by atoms with van der Waals surface area (Å²) in [5.74, 6) is 0. The molecule has 0 bridgehead atoms. The Balaban J connectivity index is 0.000000465. The second kappa shape index (κ2) is 35.7. The molecule has 68 heavy (non-hydrogen) atoms. The molecule has 0 aromatic heterocycles. The molecule has 0 aliphatic heterocycles. The van der Waals surface area contributed by atoms with Crippen LogP contribution in [0.4, 0.5) is 51.8 Å². The Morgan fingerprint density at radius 2 is 0.426 bits per heavy atom. The van der Waals surface area contributed by atoms with E-state index in [9.17, 15) is 51.8 Å². The molecule has 0 saturated heterocycles. The molecule has 0 atom stereocenters. The van der Waals surface area contributed by atoms with Crippen molar-refractivity contribution in [3.8, 4) is 0 Å². The van der Waals surface area contributed by atoms with E-state index in [-0.39, 0.29) is 35.3 Å². The van der Waals surface area contributed by atoms with Crippen LogP contribution in [0.25, 0.3) is 0 Å². The average Bonchev–Trinajstić information content (AvgIpc) is 3.24. The van der Waals surface area contributed by atoms with Gasteiger partial charge in [-0.15, -0.1) is 0 Å². The van der Waals surface area contributed by atoms with Gasteiger partial charge in [0.2, 0.25) is 0 Å². The van der Waals surface area contributed by atoms with E-state index in [1.807, 2.05) is 0 Å². The van der Waals surface area contributed by atoms with Gasteiger partial charge < -0.3 is 51.8 Å². The molecule has 18 heteroatoms. The predicted molar refractivity (Wildman–Crippen MR) is 262 cm³/mol. The quantitative estimate of drug-likeness (QED) is 0.0651. The van der Waals surface area contributed by atoms with Gasteiger partial charge >= 0.3 is 41.2 Å². The summed E-state index contributed by atoms with van der Waals surface area (Å²) in [6.07, 6.45) is 21.2. The third-order valence-corrected chi connectivity index (χ3v) is 13.7. The second-order valence-corrected chi connectivity index (χ2v) is 19.4. The predicted octanol–water partition coefficient (Wildman–Crippen LogP) is 18.7. The smallest absolute Gasteiger partial charge is 0.418 e. The van der Waals surface area contributed by atoms with Gasteiger partial charge in [0.05, 0.1) is 0 Å². The molecule has 366 valence electrons. The molecule has 0 spiro atoms. The molecule has 0 nitrogen and oxygen atoms in total. The summed E-state index contributed by atoms with van der Waals surface area (Å²) >= 11 is 0. The fourth-order valence-electron chi connectivity index (χ4n) is 6.26. The molecule has 6 aromatic rings. The summed E-state index contributed by atoms with van der Waals surface area (Å²) in [4.78, 5) is 0. The van der Waals surface area contributed by atoms with Crippen molar-refractivity contribution in [3.63, 3.8) is 0 Å². The van der Waals surface area contributed by atoms with Crippen molar-refractivity contribution >= 4 is 37.6 Å². The monoisotopic (exact) mass is 1080 g/mol. The van der Waals surface area contributed by atoms with Crippen LogP contribution in [0.15, 0.2) is 206 Å². The van der Waals surface area contributed by atoms with E-state index < -0.39 is 21.8 Å².